The molecule has 0 aliphatic heterocycles. The van der Waals surface area contributed by atoms with E-state index in [1.165, 1.54) is 0 Å². The van der Waals surface area contributed by atoms with Crippen molar-refractivity contribution in [2.24, 2.45) is 0 Å². The molecule has 0 aromatic heterocycles. The van der Waals surface area contributed by atoms with Crippen LogP contribution in [0.3, 0.4) is 0 Å². The van der Waals surface area contributed by atoms with Crippen molar-refractivity contribution in [1.82, 2.24) is 0 Å². The van der Waals surface area contributed by atoms with Crippen molar-refractivity contribution in [1.29, 1.82) is 0 Å². The van der Waals surface area contributed by atoms with E-state index in [9.17, 15) is 0 Å². The summed E-state index contributed by atoms with van der Waals surface area (Å²) in [5.74, 6) is 0. The van der Waals surface area contributed by atoms with E-state index in [1.54, 1.807) is 0 Å². The molecular weight excluding hydrogens is 161 g/mol. The average Bonchev–Trinajstić information content (AvgIpc) is 0.722. The van der Waals surface area contributed by atoms with E-state index in [4.69, 9.17) is 19.2 Å². The first-order valence-electron chi connectivity index (χ1n) is 0.783. The number of hydrogen-bond donors (Lipinski definition) is 3. The van der Waals surface area contributed by atoms with Crippen LogP contribution in [0.15, 0.2) is 0 Å². The second kappa shape index (κ2) is 6.40. The van der Waals surface area contributed by atoms with Crippen molar-refractivity contribution in [2.45, 2.75) is 0 Å². The third-order valence-electron chi connectivity index (χ3n) is 0. The number of rotatable bonds is 0. The first-order valence-corrected chi connectivity index (χ1v) is 2.35. The van der Waals surface area contributed by atoms with Crippen molar-refractivity contribution >= 4 is 76.6 Å². The molecule has 0 spiro atoms. The van der Waals surface area contributed by atoms with Crippen LogP contribution >= 0.6 is 7.82 Å². The first kappa shape index (κ1) is 16.1. The molecule has 0 aromatic rings. The Kier molecular flexibility index (Phi) is 14.7. The summed E-state index contributed by atoms with van der Waals surface area (Å²) in [5, 5.41) is 0. The molecule has 0 aliphatic carbocycles. The normalized spacial score (nSPS) is 8.43. The molecular formula is H8AlKO4P+. The van der Waals surface area contributed by atoms with Crippen LogP contribution in [0.4, 0.5) is 0 Å². The molecule has 0 fully saturated rings. The molecule has 3 N–H and O–H groups in total. The summed E-state index contributed by atoms with van der Waals surface area (Å²) in [5.41, 5.74) is 0. The van der Waals surface area contributed by atoms with Gasteiger partial charge in [-0.05, 0) is 0 Å². The summed E-state index contributed by atoms with van der Waals surface area (Å²) in [6.07, 6.45) is 0. The van der Waals surface area contributed by atoms with Crippen molar-refractivity contribution < 1.29 is 20.7 Å². The summed E-state index contributed by atoms with van der Waals surface area (Å²) in [4.78, 5) is 21.6. The first-order chi connectivity index (χ1) is 2.00. The van der Waals surface area contributed by atoms with Crippen LogP contribution < -0.4 is 0 Å². The topological polar surface area (TPSA) is 77.8 Å². The van der Waals surface area contributed by atoms with Crippen LogP contribution in [0.5, 0.6) is 0 Å². The Bertz CT molecular complexity index is 62.2. The zero-order chi connectivity index (χ0) is 4.50. The van der Waals surface area contributed by atoms with Crippen molar-refractivity contribution in [3.63, 3.8) is 0 Å². The molecule has 0 amide bonds. The number of hydrogen-bond acceptors (Lipinski definition) is 1. The van der Waals surface area contributed by atoms with Gasteiger partial charge in [0.15, 0.2) is 17.4 Å². The fourth-order valence-corrected chi connectivity index (χ4v) is 0. The van der Waals surface area contributed by atoms with Crippen LogP contribution in [-0.4, -0.2) is 83.4 Å². The van der Waals surface area contributed by atoms with Crippen LogP contribution in [0.1, 0.15) is 1.43 Å². The molecule has 0 aromatic carbocycles. The van der Waals surface area contributed by atoms with Gasteiger partial charge in [-0.15, -0.1) is 0 Å². The summed E-state index contributed by atoms with van der Waals surface area (Å²) in [6, 6.07) is 0. The third kappa shape index (κ3) is 62.8. The quantitative estimate of drug-likeness (QED) is 0.273. The fourth-order valence-electron chi connectivity index (χ4n) is 0. The molecule has 0 bridgehead atoms. The number of phosphoric acid groups is 1. The molecule has 0 rings (SSSR count). The Hall–Kier alpha value is 2.28. The van der Waals surface area contributed by atoms with E-state index in [1.807, 2.05) is 0 Å². The van der Waals surface area contributed by atoms with Gasteiger partial charge < -0.3 is 14.7 Å². The van der Waals surface area contributed by atoms with Gasteiger partial charge in [-0.1, -0.05) is 0 Å². The summed E-state index contributed by atoms with van der Waals surface area (Å²) in [7, 11) is -4.64. The van der Waals surface area contributed by atoms with E-state index in [2.05, 4.69) is 0 Å². The maximum atomic E-state index is 8.88. The molecule has 0 saturated carbocycles. The average molecular weight is 169 g/mol. The van der Waals surface area contributed by atoms with E-state index in [0.717, 1.165) is 0 Å². The van der Waals surface area contributed by atoms with Gasteiger partial charge in [-0.3, -0.25) is 0 Å². The Morgan fingerprint density at radius 3 is 1.29 bits per heavy atom. The molecule has 0 atom stereocenters. The Morgan fingerprint density at radius 1 is 1.29 bits per heavy atom. The van der Waals surface area contributed by atoms with Crippen molar-refractivity contribution in [2.75, 3.05) is 0 Å². The zero-order valence-corrected chi connectivity index (χ0v) is 3.09. The van der Waals surface area contributed by atoms with Crippen LogP contribution in [-0.2, 0) is 4.57 Å². The molecule has 0 heterocycles. The van der Waals surface area contributed by atoms with Gasteiger partial charge >= 0.3 is 60.6 Å². The van der Waals surface area contributed by atoms with Gasteiger partial charge in [0.05, 0.1) is 0 Å². The molecule has 40 valence electrons. The predicted octanol–water partition coefficient (Wildman–Crippen LogP) is -2.65. The zero-order valence-electron chi connectivity index (χ0n) is 3.20. The second-order valence-electron chi connectivity index (χ2n) is 0.513. The fraction of sp³-hybridized carbons (Fsp3) is 0. The summed E-state index contributed by atoms with van der Waals surface area (Å²) in [6.45, 7) is 0. The standard InChI is InChI=1S/Al.K.H3O4P.4H/c;;1-5(2,3)4;;;;/h;;(H3,1,2,3,4);;;;/p+1. The van der Waals surface area contributed by atoms with Gasteiger partial charge in [-0.2, -0.15) is 0 Å². The summed E-state index contributed by atoms with van der Waals surface area (Å²) < 4.78 is 8.88. The van der Waals surface area contributed by atoms with Gasteiger partial charge in [0.2, 0.25) is 0 Å². The second-order valence-corrected chi connectivity index (χ2v) is 1.54. The van der Waals surface area contributed by atoms with Crippen LogP contribution in [0.2, 0.25) is 0 Å². The van der Waals surface area contributed by atoms with Gasteiger partial charge in [0.1, 0.15) is 0 Å². The van der Waals surface area contributed by atoms with Crippen molar-refractivity contribution in [3.8, 4) is 0 Å². The van der Waals surface area contributed by atoms with Gasteiger partial charge in [0, 0.05) is 0 Å². The molecule has 0 unspecified atom stereocenters. The van der Waals surface area contributed by atoms with Crippen LogP contribution in [0.25, 0.3) is 0 Å². The third-order valence-corrected chi connectivity index (χ3v) is 0. The Labute approximate surface area is 95.6 Å². The van der Waals surface area contributed by atoms with E-state index < -0.39 is 7.82 Å². The molecule has 7 heavy (non-hydrogen) atoms. The summed E-state index contributed by atoms with van der Waals surface area (Å²) >= 11 is 0. The van der Waals surface area contributed by atoms with Crippen LogP contribution in [0, 0.1) is 0 Å². The minimum atomic E-state index is -4.64. The van der Waals surface area contributed by atoms with Gasteiger partial charge in [-0.25, -0.2) is 4.57 Å². The molecule has 4 nitrogen and oxygen atoms in total. The van der Waals surface area contributed by atoms with E-state index in [-0.39, 0.29) is 70.2 Å². The molecule has 7 heteroatoms. The van der Waals surface area contributed by atoms with Gasteiger partial charge in [0.25, 0.3) is 0 Å². The monoisotopic (exact) mass is 169 g/mol. The Balaban J connectivity index is -0.0000000267. The van der Waals surface area contributed by atoms with E-state index in [0.29, 0.717) is 0 Å². The molecule has 0 radical (unpaired) electrons. The Morgan fingerprint density at radius 2 is 1.29 bits per heavy atom. The SMILES string of the molecule is O=P(O)(O)O.[AlH3].[H+].[KH]. The molecule has 0 aliphatic rings. The molecule has 0 saturated heterocycles. The van der Waals surface area contributed by atoms with E-state index >= 15 is 0 Å². The predicted molar refractivity (Wildman–Crippen MR) is 32.5 cm³/mol. The van der Waals surface area contributed by atoms with Crippen molar-refractivity contribution in [3.05, 3.63) is 0 Å². The maximum absolute atomic E-state index is 8.88. The minimum absolute atomic E-state index is 0.